The molecule has 4 heterocycles. The number of H-pyrrole nitrogens is 2. The van der Waals surface area contributed by atoms with E-state index in [0.717, 1.165) is 110 Å². The highest BCUT2D eigenvalue weighted by atomic mass is 35.5. The van der Waals surface area contributed by atoms with Crippen LogP contribution in [0.1, 0.15) is 186 Å². The number of amides is 1. The molecule has 1 amide bonds. The maximum Gasteiger partial charge on any atom is 0.335 e. The van der Waals surface area contributed by atoms with Crippen molar-refractivity contribution in [2.45, 2.75) is 135 Å². The molecule has 0 radical (unpaired) electrons. The lowest BCUT2D eigenvalue weighted by atomic mass is 9.76. The molecule has 2 saturated heterocycles. The number of aryl methyl sites for hydroxylation is 4. The smallest absolute Gasteiger partial charge is 0.335 e. The van der Waals surface area contributed by atoms with E-state index in [1.165, 1.54) is 60.8 Å². The van der Waals surface area contributed by atoms with E-state index in [-0.39, 0.29) is 18.3 Å². The predicted octanol–water partition coefficient (Wildman–Crippen LogP) is 11.5. The van der Waals surface area contributed by atoms with Crippen LogP contribution in [0, 0.1) is 29.6 Å². The fraction of sp³-hybridized carbons (Fsp3) is 0.439. The van der Waals surface area contributed by atoms with E-state index in [1.54, 1.807) is 6.07 Å². The molecule has 13 nitrogen and oxygen atoms in total. The lowest BCUT2D eigenvalue weighted by Crippen LogP contribution is -2.38. The van der Waals surface area contributed by atoms with Crippen LogP contribution in [0.3, 0.4) is 0 Å². The van der Waals surface area contributed by atoms with E-state index in [9.17, 15) is 14.7 Å². The van der Waals surface area contributed by atoms with Crippen LogP contribution in [0.2, 0.25) is 0 Å². The topological polar surface area (TPSA) is 200 Å². The van der Waals surface area contributed by atoms with Gasteiger partial charge in [0.05, 0.1) is 28.8 Å². The molecule has 4 aliphatic rings. The van der Waals surface area contributed by atoms with Gasteiger partial charge in [0.25, 0.3) is 5.91 Å². The first-order valence-corrected chi connectivity index (χ1v) is 25.5. The van der Waals surface area contributed by atoms with Crippen molar-refractivity contribution in [3.05, 3.63) is 140 Å². The average Bonchev–Trinajstić information content (AvgIpc) is 4.05. The Labute approximate surface area is 424 Å². The number of rotatable bonds is 11. The zero-order chi connectivity index (χ0) is 49.1. The van der Waals surface area contributed by atoms with Crippen LogP contribution < -0.4 is 5.32 Å². The number of carboxylic acids is 1. The van der Waals surface area contributed by atoms with Gasteiger partial charge in [0, 0.05) is 36.2 Å². The van der Waals surface area contributed by atoms with E-state index in [4.69, 9.17) is 15.5 Å². The molecule has 0 bridgehead atoms. The van der Waals surface area contributed by atoms with Crippen molar-refractivity contribution < 1.29 is 14.7 Å². The van der Waals surface area contributed by atoms with Crippen LogP contribution in [0.25, 0.3) is 22.8 Å². The van der Waals surface area contributed by atoms with Gasteiger partial charge < -0.3 is 15.3 Å². The summed E-state index contributed by atoms with van der Waals surface area (Å²) in [6, 6.07) is 28.4. The molecule has 6 aromatic rings. The van der Waals surface area contributed by atoms with Crippen molar-refractivity contribution in [1.29, 1.82) is 10.5 Å². The maximum atomic E-state index is 13.8. The first-order chi connectivity index (χ1) is 34.1. The molecule has 2 saturated carbocycles. The molecule has 0 unspecified atom stereocenters. The Balaban J connectivity index is 0.000000174. The second-order valence-corrected chi connectivity index (χ2v) is 19.2. The second-order valence-electron chi connectivity index (χ2n) is 19.2. The first-order valence-electron chi connectivity index (χ1n) is 25.5. The molecule has 2 aliphatic heterocycles. The van der Waals surface area contributed by atoms with E-state index < -0.39 is 5.97 Å². The van der Waals surface area contributed by atoms with Crippen molar-refractivity contribution in [3.63, 3.8) is 0 Å². The maximum absolute atomic E-state index is 13.8. The Morgan fingerprint density at radius 2 is 1.11 bits per heavy atom. The predicted molar refractivity (Wildman–Crippen MR) is 279 cm³/mol. The molecule has 2 aromatic heterocycles. The summed E-state index contributed by atoms with van der Waals surface area (Å²) < 4.78 is 0. The van der Waals surface area contributed by atoms with Crippen LogP contribution in [-0.4, -0.2) is 78.4 Å². The number of carbonyl (C=O) groups excluding carboxylic acids is 1. The molecule has 4 aromatic carbocycles. The number of hydrogen-bond donors (Lipinski definition) is 4. The van der Waals surface area contributed by atoms with Crippen LogP contribution in [0.4, 0.5) is 0 Å². The highest BCUT2D eigenvalue weighted by Gasteiger charge is 2.31. The monoisotopic (exact) mass is 975 g/mol. The zero-order valence-electron chi connectivity index (χ0n) is 41.6. The highest BCUT2D eigenvalue weighted by molar-refractivity contribution is 5.97. The number of piperidine rings is 2. The van der Waals surface area contributed by atoms with Crippen molar-refractivity contribution in [1.82, 2.24) is 40.6 Å². The normalized spacial score (nSPS) is 16.1. The van der Waals surface area contributed by atoms with Gasteiger partial charge in [0.15, 0.2) is 11.6 Å². The minimum Gasteiger partial charge on any atom is -0.478 e. The van der Waals surface area contributed by atoms with E-state index >= 15 is 0 Å². The van der Waals surface area contributed by atoms with Crippen LogP contribution in [-0.2, 0) is 19.3 Å². The number of nitriles is 2. The zero-order valence-corrected chi connectivity index (χ0v) is 42.4. The summed E-state index contributed by atoms with van der Waals surface area (Å²) in [4.78, 5) is 36.3. The first kappa shape index (κ1) is 52.2. The van der Waals surface area contributed by atoms with Gasteiger partial charge in [-0.3, -0.25) is 15.0 Å². The molecule has 4 fully saturated rings. The minimum absolute atomic E-state index is 0. The third-order valence-electron chi connectivity index (χ3n) is 15.0. The largest absolute Gasteiger partial charge is 0.478 e. The number of benzene rings is 4. The molecule has 71 heavy (non-hydrogen) atoms. The number of aromatic amines is 2. The van der Waals surface area contributed by atoms with Crippen molar-refractivity contribution >= 4 is 24.3 Å². The van der Waals surface area contributed by atoms with E-state index in [2.05, 4.69) is 93.1 Å². The van der Waals surface area contributed by atoms with Gasteiger partial charge in [-0.05, 0) is 178 Å². The summed E-state index contributed by atoms with van der Waals surface area (Å²) in [6.07, 6.45) is 13.8. The molecule has 10 rings (SSSR count). The number of carboxylic acid groups (broad SMARTS) is 1. The van der Waals surface area contributed by atoms with Crippen molar-refractivity contribution in [2.75, 3.05) is 26.2 Å². The van der Waals surface area contributed by atoms with E-state index in [0.29, 0.717) is 52.9 Å². The van der Waals surface area contributed by atoms with Gasteiger partial charge in [0.2, 0.25) is 0 Å². The Morgan fingerprint density at radius 1 is 0.634 bits per heavy atom. The van der Waals surface area contributed by atoms with Crippen molar-refractivity contribution in [3.8, 4) is 34.9 Å². The summed E-state index contributed by atoms with van der Waals surface area (Å²) in [7, 11) is 0. The van der Waals surface area contributed by atoms with Gasteiger partial charge in [-0.1, -0.05) is 70.0 Å². The summed E-state index contributed by atoms with van der Waals surface area (Å²) in [5.74, 6) is 4.29. The lowest BCUT2D eigenvalue weighted by molar-refractivity contribution is 0.0691. The molecule has 14 heteroatoms. The molecule has 4 N–H and O–H groups in total. The average molecular weight is 976 g/mol. The highest BCUT2D eigenvalue weighted by Crippen LogP contribution is 2.43. The molecule has 2 aliphatic carbocycles. The van der Waals surface area contributed by atoms with Gasteiger partial charge >= 0.3 is 5.97 Å². The Hall–Kier alpha value is -6.67. The number of aromatic carboxylic acids is 1. The molecular weight excluding hydrogens is 908 g/mol. The van der Waals surface area contributed by atoms with Crippen molar-refractivity contribution in [2.24, 2.45) is 0 Å². The SMILES string of the molecule is CCc1cc(C2CCC2)c(-c2n[nH]c(C)n2)cc1C(=O)O.CCc1nc(-c2cc(C(=O)N3CCC(c4ccc(C#N)cc4)CC3)c(CC)cc2C2CCC2)n[nH]1.Cl.N#Cc1ccc(C2CCNCC2)cc1. The molecule has 0 spiro atoms. The number of likely N-dealkylation sites (tertiary alicyclic amines) is 1. The number of hydrogen-bond acceptors (Lipinski definition) is 9. The number of aromatic nitrogens is 6. The molecule has 370 valence electrons. The van der Waals surface area contributed by atoms with Gasteiger partial charge in [0.1, 0.15) is 11.6 Å². The number of nitrogens with one attached hydrogen (secondary N) is 3. The summed E-state index contributed by atoms with van der Waals surface area (Å²) in [6.45, 7) is 11.7. The van der Waals surface area contributed by atoms with Crippen LogP contribution >= 0.6 is 12.4 Å². The number of carbonyl (C=O) groups is 2. The summed E-state index contributed by atoms with van der Waals surface area (Å²) in [5, 5.41) is 45.1. The van der Waals surface area contributed by atoms with Crippen LogP contribution in [0.15, 0.2) is 72.8 Å². The molecule has 0 atom stereocenters. The summed E-state index contributed by atoms with van der Waals surface area (Å²) >= 11 is 0. The quantitative estimate of drug-likeness (QED) is 0.0968. The fourth-order valence-electron chi connectivity index (χ4n) is 10.2. The standard InChI is InChI=1S/C29H33N5O.C16H19N3O2.C12H14N2.ClH/c1-3-20-16-24(23-6-5-7-23)26(28-31-27(4-2)32-33-28)17-25(20)29(35)34-14-12-22(13-15-34)21-10-8-19(18-30)9-11-21;1-3-10-7-12(11-5-4-6-11)14(8-13(10)16(20)21)15-17-9(2)18-19-15;13-9-10-1-3-11(4-2-10)12-5-7-14-8-6-12;/h8-11,16-17,22-23H,3-7,12-15H2,1-2H3,(H,31,32,33);7-8,11H,3-6H2,1-2H3,(H,20,21)(H,17,18,19);1-4,12,14H,5-8H2;1H. The van der Waals surface area contributed by atoms with Crippen LogP contribution in [0.5, 0.6) is 0 Å². The van der Waals surface area contributed by atoms with Gasteiger partial charge in [-0.2, -0.15) is 20.7 Å². The van der Waals surface area contributed by atoms with Gasteiger partial charge in [-0.25, -0.2) is 14.8 Å². The second kappa shape index (κ2) is 24.4. The number of nitrogens with zero attached hydrogens (tertiary/aromatic N) is 7. The molecular formula is C57H67ClN10O3. The lowest BCUT2D eigenvalue weighted by Gasteiger charge is -2.33. The van der Waals surface area contributed by atoms with Gasteiger partial charge in [-0.15, -0.1) is 12.4 Å². The number of halogens is 1. The summed E-state index contributed by atoms with van der Waals surface area (Å²) in [5.41, 5.74) is 11.6. The van der Waals surface area contributed by atoms with E-state index in [1.807, 2.05) is 49.1 Å². The minimum atomic E-state index is -0.888. The third-order valence-corrected chi connectivity index (χ3v) is 15.0. The third kappa shape index (κ3) is 12.3. The Kier molecular flexibility index (Phi) is 18.0. The Morgan fingerprint density at radius 3 is 1.54 bits per heavy atom. The fourth-order valence-corrected chi connectivity index (χ4v) is 10.2. The Bertz CT molecular complexity index is 2840.